The van der Waals surface area contributed by atoms with E-state index in [1.165, 1.54) is 18.2 Å². The predicted molar refractivity (Wildman–Crippen MR) is 86.8 cm³/mol. The second-order valence-corrected chi connectivity index (χ2v) is 7.28. The van der Waals surface area contributed by atoms with Gasteiger partial charge in [0.05, 0.1) is 11.3 Å². The van der Waals surface area contributed by atoms with Gasteiger partial charge in [-0.2, -0.15) is 0 Å². The largest absolute Gasteiger partial charge is 0.478 e. The lowest BCUT2D eigenvalue weighted by Gasteiger charge is -2.15. The van der Waals surface area contributed by atoms with Crippen LogP contribution in [-0.2, 0) is 10.0 Å². The lowest BCUT2D eigenvalue weighted by molar-refractivity contribution is 0.0696. The van der Waals surface area contributed by atoms with Crippen LogP contribution in [0.15, 0.2) is 23.1 Å². The molecule has 0 atom stereocenters. The zero-order valence-electron chi connectivity index (χ0n) is 13.2. The van der Waals surface area contributed by atoms with Crippen molar-refractivity contribution in [3.63, 3.8) is 0 Å². The van der Waals surface area contributed by atoms with Crippen molar-refractivity contribution in [2.45, 2.75) is 38.5 Å². The Balaban J connectivity index is 3.15. The minimum Gasteiger partial charge on any atom is -0.478 e. The van der Waals surface area contributed by atoms with Crippen LogP contribution in [0.4, 0.5) is 5.69 Å². The Kier molecular flexibility index (Phi) is 6.83. The number of carboxylic acid groups (broad SMARTS) is 1. The topological polar surface area (TPSA) is 95.5 Å². The molecule has 1 aromatic rings. The molecule has 0 aromatic heterocycles. The first-order valence-electron chi connectivity index (χ1n) is 7.38. The Bertz CT molecular complexity index is 612. The third kappa shape index (κ3) is 5.31. The summed E-state index contributed by atoms with van der Waals surface area (Å²) in [6.45, 7) is 6.91. The number of rotatable bonds is 9. The first kappa shape index (κ1) is 18.4. The number of carboxylic acids is 1. The summed E-state index contributed by atoms with van der Waals surface area (Å²) in [6.07, 6.45) is 1.60. The van der Waals surface area contributed by atoms with Crippen molar-refractivity contribution in [1.82, 2.24) is 4.72 Å². The number of sulfonamides is 1. The van der Waals surface area contributed by atoms with E-state index >= 15 is 0 Å². The van der Waals surface area contributed by atoms with E-state index in [0.29, 0.717) is 24.7 Å². The fourth-order valence-electron chi connectivity index (χ4n) is 1.80. The molecule has 124 valence electrons. The van der Waals surface area contributed by atoms with Crippen LogP contribution in [0.1, 0.15) is 44.0 Å². The highest BCUT2D eigenvalue weighted by atomic mass is 32.2. The second kappa shape index (κ2) is 8.14. The van der Waals surface area contributed by atoms with Crippen molar-refractivity contribution >= 4 is 21.7 Å². The van der Waals surface area contributed by atoms with Crippen LogP contribution >= 0.6 is 0 Å². The number of anilines is 1. The van der Waals surface area contributed by atoms with E-state index in [1.807, 2.05) is 20.8 Å². The number of unbranched alkanes of at least 4 members (excludes halogenated alkanes) is 1. The van der Waals surface area contributed by atoms with Gasteiger partial charge in [0.15, 0.2) is 0 Å². The maximum absolute atomic E-state index is 12.4. The molecule has 0 amide bonds. The molecule has 0 spiro atoms. The van der Waals surface area contributed by atoms with E-state index < -0.39 is 16.0 Å². The van der Waals surface area contributed by atoms with Crippen molar-refractivity contribution in [3.05, 3.63) is 23.8 Å². The molecule has 3 N–H and O–H groups in total. The molecule has 7 heteroatoms. The minimum absolute atomic E-state index is 0.0239. The zero-order chi connectivity index (χ0) is 16.8. The Morgan fingerprint density at radius 3 is 2.55 bits per heavy atom. The molecule has 0 unspecified atom stereocenters. The highest BCUT2D eigenvalue weighted by molar-refractivity contribution is 7.89. The van der Waals surface area contributed by atoms with E-state index in [-0.39, 0.29) is 10.5 Å². The summed E-state index contributed by atoms with van der Waals surface area (Å²) in [5.41, 5.74) is 0.369. The molecule has 0 bridgehead atoms. The standard InChI is InChI=1S/C15H24N2O4S/c1-4-5-8-17-22(20,21)14-9-12(15(18)19)6-7-13(14)16-10-11(2)3/h6-7,9,11,16-17H,4-5,8,10H2,1-3H3,(H,18,19). The van der Waals surface area contributed by atoms with Gasteiger partial charge in [0.25, 0.3) is 0 Å². The molecule has 0 aliphatic rings. The maximum atomic E-state index is 12.4. The lowest BCUT2D eigenvalue weighted by Crippen LogP contribution is -2.26. The van der Waals surface area contributed by atoms with Crippen LogP contribution in [0.25, 0.3) is 0 Å². The van der Waals surface area contributed by atoms with E-state index in [2.05, 4.69) is 10.0 Å². The van der Waals surface area contributed by atoms with Crippen LogP contribution in [0.3, 0.4) is 0 Å². The smallest absolute Gasteiger partial charge is 0.335 e. The fourth-order valence-corrected chi connectivity index (χ4v) is 3.08. The van der Waals surface area contributed by atoms with E-state index in [4.69, 9.17) is 5.11 Å². The molecule has 0 saturated carbocycles. The van der Waals surface area contributed by atoms with Gasteiger partial charge < -0.3 is 10.4 Å². The minimum atomic E-state index is -3.74. The number of aromatic carboxylic acids is 1. The van der Waals surface area contributed by atoms with Gasteiger partial charge in [0.2, 0.25) is 10.0 Å². The van der Waals surface area contributed by atoms with Crippen LogP contribution in [0, 0.1) is 5.92 Å². The SMILES string of the molecule is CCCCNS(=O)(=O)c1cc(C(=O)O)ccc1NCC(C)C. The summed E-state index contributed by atoms with van der Waals surface area (Å²) >= 11 is 0. The van der Waals surface area contributed by atoms with Crippen LogP contribution in [0.2, 0.25) is 0 Å². The van der Waals surface area contributed by atoms with Crippen molar-refractivity contribution in [2.75, 3.05) is 18.4 Å². The average molecular weight is 328 g/mol. The van der Waals surface area contributed by atoms with Crippen LogP contribution in [0.5, 0.6) is 0 Å². The molecule has 6 nitrogen and oxygen atoms in total. The number of nitrogens with one attached hydrogen (secondary N) is 2. The molecule has 0 fully saturated rings. The van der Waals surface area contributed by atoms with Gasteiger partial charge in [-0.25, -0.2) is 17.9 Å². The van der Waals surface area contributed by atoms with Gasteiger partial charge in [0.1, 0.15) is 4.90 Å². The van der Waals surface area contributed by atoms with Gasteiger partial charge in [-0.15, -0.1) is 0 Å². The molecule has 22 heavy (non-hydrogen) atoms. The molecule has 1 rings (SSSR count). The third-order valence-electron chi connectivity index (χ3n) is 3.04. The molecule has 0 heterocycles. The highest BCUT2D eigenvalue weighted by Gasteiger charge is 2.20. The number of hydrogen-bond donors (Lipinski definition) is 3. The lowest BCUT2D eigenvalue weighted by atomic mass is 10.2. The predicted octanol–water partition coefficient (Wildman–Crippen LogP) is 2.53. The molecule has 0 saturated heterocycles. The highest BCUT2D eigenvalue weighted by Crippen LogP contribution is 2.23. The number of benzene rings is 1. The second-order valence-electron chi connectivity index (χ2n) is 5.54. The molecular weight excluding hydrogens is 304 g/mol. The first-order valence-corrected chi connectivity index (χ1v) is 8.87. The Morgan fingerprint density at radius 1 is 1.32 bits per heavy atom. The molecule has 1 aromatic carbocycles. The summed E-state index contributed by atoms with van der Waals surface area (Å²) in [6, 6.07) is 4.09. The Hall–Kier alpha value is -1.60. The quantitative estimate of drug-likeness (QED) is 0.605. The molecular formula is C15H24N2O4S. The van der Waals surface area contributed by atoms with E-state index in [1.54, 1.807) is 0 Å². The van der Waals surface area contributed by atoms with Gasteiger partial charge in [0, 0.05) is 13.1 Å². The van der Waals surface area contributed by atoms with Gasteiger partial charge >= 0.3 is 5.97 Å². The van der Waals surface area contributed by atoms with Gasteiger partial charge in [-0.05, 0) is 30.5 Å². The van der Waals surface area contributed by atoms with Crippen molar-refractivity contribution in [1.29, 1.82) is 0 Å². The summed E-state index contributed by atoms with van der Waals surface area (Å²) < 4.78 is 27.3. The van der Waals surface area contributed by atoms with Crippen molar-refractivity contribution in [3.8, 4) is 0 Å². The van der Waals surface area contributed by atoms with Gasteiger partial charge in [-0.3, -0.25) is 0 Å². The Morgan fingerprint density at radius 2 is 2.00 bits per heavy atom. The van der Waals surface area contributed by atoms with Crippen LogP contribution in [-0.4, -0.2) is 32.6 Å². The maximum Gasteiger partial charge on any atom is 0.335 e. The molecule has 0 aliphatic heterocycles. The monoisotopic (exact) mass is 328 g/mol. The summed E-state index contributed by atoms with van der Waals surface area (Å²) in [5.74, 6) is -0.817. The van der Waals surface area contributed by atoms with Crippen molar-refractivity contribution < 1.29 is 18.3 Å². The normalized spacial score (nSPS) is 11.6. The van der Waals surface area contributed by atoms with E-state index in [0.717, 1.165) is 12.8 Å². The summed E-state index contributed by atoms with van der Waals surface area (Å²) in [4.78, 5) is 11.1. The van der Waals surface area contributed by atoms with Crippen molar-refractivity contribution in [2.24, 2.45) is 5.92 Å². The average Bonchev–Trinajstić information content (AvgIpc) is 2.44. The van der Waals surface area contributed by atoms with E-state index in [9.17, 15) is 13.2 Å². The first-order chi connectivity index (χ1) is 10.3. The molecule has 0 radical (unpaired) electrons. The molecule has 0 aliphatic carbocycles. The summed E-state index contributed by atoms with van der Waals surface area (Å²) in [7, 11) is -3.74. The Labute approximate surface area is 132 Å². The number of hydrogen-bond acceptors (Lipinski definition) is 4. The summed E-state index contributed by atoms with van der Waals surface area (Å²) in [5, 5.41) is 12.1. The zero-order valence-corrected chi connectivity index (χ0v) is 14.0. The van der Waals surface area contributed by atoms with Crippen LogP contribution < -0.4 is 10.0 Å². The number of carbonyl (C=O) groups is 1. The third-order valence-corrected chi connectivity index (χ3v) is 4.54. The van der Waals surface area contributed by atoms with Gasteiger partial charge in [-0.1, -0.05) is 27.2 Å². The fraction of sp³-hybridized carbons (Fsp3) is 0.533.